The number of Topliss-reactive ketones (excluding diaryl/α,β-unsaturated/α-hetero) is 1. The molecule has 0 aliphatic rings. The number of ether oxygens (including phenoxy) is 1. The van der Waals surface area contributed by atoms with E-state index in [4.69, 9.17) is 4.74 Å². The highest BCUT2D eigenvalue weighted by atomic mass is 32.2. The van der Waals surface area contributed by atoms with Crippen LogP contribution in [0.15, 0.2) is 18.2 Å². The lowest BCUT2D eigenvalue weighted by atomic mass is 10.1. The van der Waals surface area contributed by atoms with Gasteiger partial charge in [-0.2, -0.15) is 11.8 Å². The van der Waals surface area contributed by atoms with E-state index < -0.39 is 0 Å². The fourth-order valence-corrected chi connectivity index (χ4v) is 2.67. The summed E-state index contributed by atoms with van der Waals surface area (Å²) in [6.07, 6.45) is 0. The molecule has 1 aromatic carbocycles. The molecule has 1 unspecified atom stereocenters. The van der Waals surface area contributed by atoms with Gasteiger partial charge in [-0.1, -0.05) is 20.8 Å². The molecule has 0 radical (unpaired) electrons. The number of ketones is 1. The summed E-state index contributed by atoms with van der Waals surface area (Å²) in [5.41, 5.74) is 1.88. The number of hydrogen-bond donors (Lipinski definition) is 0. The number of thioether (sulfide) groups is 1. The maximum absolute atomic E-state index is 11.5. The van der Waals surface area contributed by atoms with E-state index in [1.54, 1.807) is 6.92 Å². The monoisotopic (exact) mass is 280 g/mol. The molecule has 0 fully saturated rings. The van der Waals surface area contributed by atoms with Crippen LogP contribution >= 0.6 is 11.8 Å². The van der Waals surface area contributed by atoms with Crippen LogP contribution in [0, 0.1) is 5.92 Å². The normalized spacial score (nSPS) is 12.5. The molecular formula is C16H24O2S. The second-order valence-corrected chi connectivity index (χ2v) is 6.44. The van der Waals surface area contributed by atoms with Gasteiger partial charge >= 0.3 is 0 Å². The molecule has 3 heteroatoms. The van der Waals surface area contributed by atoms with Crippen LogP contribution in [0.2, 0.25) is 0 Å². The number of benzene rings is 1. The van der Waals surface area contributed by atoms with E-state index in [0.29, 0.717) is 17.8 Å². The van der Waals surface area contributed by atoms with Gasteiger partial charge in [0.15, 0.2) is 5.78 Å². The summed E-state index contributed by atoms with van der Waals surface area (Å²) >= 11 is 1.91. The van der Waals surface area contributed by atoms with Gasteiger partial charge in [-0.15, -0.1) is 0 Å². The average Bonchev–Trinajstić information content (AvgIpc) is 2.37. The quantitative estimate of drug-likeness (QED) is 0.685. The average molecular weight is 280 g/mol. The summed E-state index contributed by atoms with van der Waals surface area (Å²) in [5, 5.41) is 0.593. The predicted molar refractivity (Wildman–Crippen MR) is 83.2 cm³/mol. The molecule has 1 atom stereocenters. The zero-order chi connectivity index (χ0) is 14.4. The minimum atomic E-state index is 0.103. The van der Waals surface area contributed by atoms with Crippen LogP contribution in [-0.2, 0) is 5.75 Å². The van der Waals surface area contributed by atoms with Crippen molar-refractivity contribution in [2.75, 3.05) is 6.61 Å². The molecule has 0 heterocycles. The smallest absolute Gasteiger partial charge is 0.159 e. The van der Waals surface area contributed by atoms with E-state index >= 15 is 0 Å². The van der Waals surface area contributed by atoms with Crippen molar-refractivity contribution >= 4 is 17.5 Å². The number of carbonyl (C=O) groups is 1. The molecule has 2 nitrogen and oxygen atoms in total. The van der Waals surface area contributed by atoms with Crippen molar-refractivity contribution in [1.82, 2.24) is 0 Å². The van der Waals surface area contributed by atoms with Gasteiger partial charge in [0.05, 0.1) is 6.61 Å². The molecule has 0 spiro atoms. The molecular weight excluding hydrogens is 256 g/mol. The minimum absolute atomic E-state index is 0.103. The molecule has 0 saturated carbocycles. The summed E-state index contributed by atoms with van der Waals surface area (Å²) in [7, 11) is 0. The minimum Gasteiger partial charge on any atom is -0.494 e. The molecule has 0 aliphatic heterocycles. The fourth-order valence-electron chi connectivity index (χ4n) is 1.62. The lowest BCUT2D eigenvalue weighted by molar-refractivity contribution is 0.101. The molecule has 0 aromatic heterocycles. The molecule has 19 heavy (non-hydrogen) atoms. The van der Waals surface area contributed by atoms with Crippen LogP contribution in [0.5, 0.6) is 5.75 Å². The van der Waals surface area contributed by atoms with Gasteiger partial charge in [0.2, 0.25) is 0 Å². The molecule has 0 saturated heterocycles. The molecule has 106 valence electrons. The Bertz CT molecular complexity index is 427. The Hall–Kier alpha value is -0.960. The van der Waals surface area contributed by atoms with Gasteiger partial charge in [0.25, 0.3) is 0 Å². The van der Waals surface area contributed by atoms with E-state index in [1.807, 2.05) is 36.9 Å². The van der Waals surface area contributed by atoms with Crippen molar-refractivity contribution in [1.29, 1.82) is 0 Å². The third kappa shape index (κ3) is 4.90. The van der Waals surface area contributed by atoms with E-state index in [9.17, 15) is 4.79 Å². The van der Waals surface area contributed by atoms with Crippen molar-refractivity contribution in [2.45, 2.75) is 45.6 Å². The highest BCUT2D eigenvalue weighted by Gasteiger charge is 2.12. The van der Waals surface area contributed by atoms with Crippen LogP contribution in [0.3, 0.4) is 0 Å². The zero-order valence-electron chi connectivity index (χ0n) is 12.5. The number of carbonyl (C=O) groups excluding carboxylic acids is 1. The second kappa shape index (κ2) is 7.59. The van der Waals surface area contributed by atoms with Crippen molar-refractivity contribution in [3.63, 3.8) is 0 Å². The highest BCUT2D eigenvalue weighted by molar-refractivity contribution is 7.99. The third-order valence-electron chi connectivity index (χ3n) is 3.21. The Morgan fingerprint density at radius 2 is 2.00 bits per heavy atom. The van der Waals surface area contributed by atoms with Gasteiger partial charge in [0, 0.05) is 22.1 Å². The van der Waals surface area contributed by atoms with Crippen molar-refractivity contribution in [3.05, 3.63) is 29.3 Å². The second-order valence-electron chi connectivity index (χ2n) is 5.07. The largest absolute Gasteiger partial charge is 0.494 e. The topological polar surface area (TPSA) is 26.3 Å². The lowest BCUT2D eigenvalue weighted by Gasteiger charge is -2.17. The Morgan fingerprint density at radius 3 is 2.53 bits per heavy atom. The predicted octanol–water partition coefficient (Wildman–Crippen LogP) is 4.57. The molecule has 1 aromatic rings. The summed E-state index contributed by atoms with van der Waals surface area (Å²) in [5.74, 6) is 2.54. The Kier molecular flexibility index (Phi) is 6.43. The summed E-state index contributed by atoms with van der Waals surface area (Å²) < 4.78 is 5.64. The van der Waals surface area contributed by atoms with Gasteiger partial charge in [0.1, 0.15) is 5.75 Å². The van der Waals surface area contributed by atoms with E-state index in [2.05, 4.69) is 20.8 Å². The Morgan fingerprint density at radius 1 is 1.32 bits per heavy atom. The van der Waals surface area contributed by atoms with E-state index in [-0.39, 0.29) is 5.78 Å². The van der Waals surface area contributed by atoms with Gasteiger partial charge in [-0.05, 0) is 38.0 Å². The van der Waals surface area contributed by atoms with Crippen LogP contribution in [0.25, 0.3) is 0 Å². The Labute approximate surface area is 120 Å². The van der Waals surface area contributed by atoms with Crippen LogP contribution in [0.1, 0.15) is 50.5 Å². The van der Waals surface area contributed by atoms with Crippen molar-refractivity contribution < 1.29 is 9.53 Å². The summed E-state index contributed by atoms with van der Waals surface area (Å²) in [4.78, 5) is 11.5. The van der Waals surface area contributed by atoms with Gasteiger partial charge in [-0.3, -0.25) is 4.79 Å². The third-order valence-corrected chi connectivity index (χ3v) is 4.76. The molecule has 0 bridgehead atoms. The van der Waals surface area contributed by atoms with Crippen molar-refractivity contribution in [2.24, 2.45) is 5.92 Å². The Balaban J connectivity index is 2.87. The van der Waals surface area contributed by atoms with Crippen LogP contribution < -0.4 is 4.74 Å². The first-order valence-corrected chi connectivity index (χ1v) is 7.88. The first kappa shape index (κ1) is 16.1. The first-order valence-electron chi connectivity index (χ1n) is 6.84. The SMILES string of the molecule is CCOc1ccc(C(C)=O)cc1CSC(C)C(C)C. The lowest BCUT2D eigenvalue weighted by Crippen LogP contribution is -2.07. The molecule has 0 amide bonds. The highest BCUT2D eigenvalue weighted by Crippen LogP contribution is 2.29. The maximum atomic E-state index is 11.5. The van der Waals surface area contributed by atoms with Crippen molar-refractivity contribution in [3.8, 4) is 5.75 Å². The van der Waals surface area contributed by atoms with Gasteiger partial charge < -0.3 is 4.74 Å². The standard InChI is InChI=1S/C16H24O2S/c1-6-18-16-8-7-14(12(4)17)9-15(16)10-19-13(5)11(2)3/h7-9,11,13H,6,10H2,1-5H3. The van der Waals surface area contributed by atoms with E-state index in [0.717, 1.165) is 22.6 Å². The zero-order valence-corrected chi connectivity index (χ0v) is 13.3. The number of rotatable bonds is 7. The first-order chi connectivity index (χ1) is 8.95. The van der Waals surface area contributed by atoms with Crippen LogP contribution in [-0.4, -0.2) is 17.6 Å². The maximum Gasteiger partial charge on any atom is 0.159 e. The molecule has 0 aliphatic carbocycles. The number of hydrogen-bond acceptors (Lipinski definition) is 3. The molecule has 1 rings (SSSR count). The van der Waals surface area contributed by atoms with E-state index in [1.165, 1.54) is 0 Å². The fraction of sp³-hybridized carbons (Fsp3) is 0.562. The van der Waals surface area contributed by atoms with Gasteiger partial charge in [-0.25, -0.2) is 0 Å². The molecule has 0 N–H and O–H groups in total. The summed E-state index contributed by atoms with van der Waals surface area (Å²) in [6, 6.07) is 5.72. The van der Waals surface area contributed by atoms with Crippen LogP contribution in [0.4, 0.5) is 0 Å². The summed E-state index contributed by atoms with van der Waals surface area (Å²) in [6.45, 7) is 10.9.